The zero-order chi connectivity index (χ0) is 24.1. The van der Waals surface area contributed by atoms with E-state index in [2.05, 4.69) is 43.2 Å². The predicted molar refractivity (Wildman–Crippen MR) is 144 cm³/mol. The first-order valence-electron chi connectivity index (χ1n) is 10.5. The number of hydrogen-bond donors (Lipinski definition) is 1. The largest absolute Gasteiger partial charge is 0.487 e. The average Bonchev–Trinajstić information content (AvgIpc) is 2.82. The second-order valence-corrected chi connectivity index (χ2v) is 9.45. The number of rotatable bonds is 6. The Hall–Kier alpha value is -3.40. The average molecular weight is 576 g/mol. The number of nitrogens with zero attached hydrogens (tertiary/aromatic N) is 1. The van der Waals surface area contributed by atoms with Gasteiger partial charge in [-0.1, -0.05) is 66.2 Å². The number of amides is 1. The Bertz CT molecular complexity index is 1430. The smallest absolute Gasteiger partial charge is 0.266 e. The minimum Gasteiger partial charge on any atom is -0.487 e. The summed E-state index contributed by atoms with van der Waals surface area (Å²) in [6, 6.07) is 27.2. The van der Waals surface area contributed by atoms with Gasteiger partial charge in [0, 0.05) is 11.1 Å². The van der Waals surface area contributed by atoms with Crippen LogP contribution in [0.3, 0.4) is 0 Å². The quantitative estimate of drug-likeness (QED) is 0.188. The topological polar surface area (TPSA) is 62.1 Å². The summed E-state index contributed by atoms with van der Waals surface area (Å²) in [5.74, 6) is 0.184. The Balaban J connectivity index is 1.54. The van der Waals surface area contributed by atoms with E-state index in [4.69, 9.17) is 4.74 Å². The standard InChI is InChI=1S/C28H20Br2N2O2/c1-18-6-4-7-19(12-18)17-34-27-24(29)14-20(15-25(27)30)13-22(16-31)28(33)32-26-11-5-9-21-8-2-3-10-23(21)26/h2-15H,17H2,1H3,(H,32,33)/b22-13+. The van der Waals surface area contributed by atoms with Crippen LogP contribution in [0.4, 0.5) is 5.69 Å². The van der Waals surface area contributed by atoms with Crippen LogP contribution in [0, 0.1) is 18.3 Å². The lowest BCUT2D eigenvalue weighted by Crippen LogP contribution is -2.13. The lowest BCUT2D eigenvalue weighted by Gasteiger charge is -2.12. The van der Waals surface area contributed by atoms with Crippen molar-refractivity contribution in [3.05, 3.63) is 110 Å². The molecule has 0 fully saturated rings. The zero-order valence-electron chi connectivity index (χ0n) is 18.3. The molecule has 1 amide bonds. The molecule has 168 valence electrons. The van der Waals surface area contributed by atoms with Gasteiger partial charge in [-0.3, -0.25) is 4.79 Å². The van der Waals surface area contributed by atoms with E-state index in [-0.39, 0.29) is 5.57 Å². The summed E-state index contributed by atoms with van der Waals surface area (Å²) in [6.07, 6.45) is 1.56. The molecule has 4 nitrogen and oxygen atoms in total. The van der Waals surface area contributed by atoms with Gasteiger partial charge in [0.15, 0.2) is 0 Å². The highest BCUT2D eigenvalue weighted by Crippen LogP contribution is 2.36. The van der Waals surface area contributed by atoms with Crippen LogP contribution in [0.5, 0.6) is 5.75 Å². The van der Waals surface area contributed by atoms with Crippen LogP contribution in [-0.4, -0.2) is 5.91 Å². The van der Waals surface area contributed by atoms with Gasteiger partial charge in [0.05, 0.1) is 8.95 Å². The summed E-state index contributed by atoms with van der Waals surface area (Å²) < 4.78 is 7.43. The highest BCUT2D eigenvalue weighted by molar-refractivity contribution is 9.11. The van der Waals surface area contributed by atoms with Gasteiger partial charge >= 0.3 is 0 Å². The fourth-order valence-electron chi connectivity index (χ4n) is 3.60. The van der Waals surface area contributed by atoms with Crippen molar-refractivity contribution in [3.63, 3.8) is 0 Å². The molecule has 0 unspecified atom stereocenters. The van der Waals surface area contributed by atoms with Gasteiger partial charge in [0.2, 0.25) is 0 Å². The third-order valence-electron chi connectivity index (χ3n) is 5.20. The van der Waals surface area contributed by atoms with E-state index in [1.54, 1.807) is 6.08 Å². The van der Waals surface area contributed by atoms with Gasteiger partial charge in [0.25, 0.3) is 5.91 Å². The Morgan fingerprint density at radius 1 is 1.00 bits per heavy atom. The summed E-state index contributed by atoms with van der Waals surface area (Å²) in [5.41, 5.74) is 3.59. The molecule has 0 aliphatic heterocycles. The van der Waals surface area contributed by atoms with Crippen molar-refractivity contribution in [2.75, 3.05) is 5.32 Å². The van der Waals surface area contributed by atoms with Crippen molar-refractivity contribution in [1.82, 2.24) is 0 Å². The molecule has 0 heterocycles. The van der Waals surface area contributed by atoms with Crippen LogP contribution in [0.15, 0.2) is 93.4 Å². The fourth-order valence-corrected chi connectivity index (χ4v) is 5.05. The van der Waals surface area contributed by atoms with Gasteiger partial charge in [0.1, 0.15) is 24.0 Å². The number of carbonyl (C=O) groups is 1. The molecule has 1 N–H and O–H groups in total. The molecular formula is C28H20Br2N2O2. The molecule has 34 heavy (non-hydrogen) atoms. The maximum Gasteiger partial charge on any atom is 0.266 e. The third kappa shape index (κ3) is 5.56. The van der Waals surface area contributed by atoms with E-state index in [9.17, 15) is 10.1 Å². The highest BCUT2D eigenvalue weighted by Gasteiger charge is 2.14. The maximum absolute atomic E-state index is 12.9. The molecule has 0 spiro atoms. The predicted octanol–water partition coefficient (Wildman–Crippen LogP) is 7.80. The number of anilines is 1. The summed E-state index contributed by atoms with van der Waals surface area (Å²) >= 11 is 7.10. The number of hydrogen-bond acceptors (Lipinski definition) is 3. The first kappa shape index (κ1) is 23.7. The van der Waals surface area contributed by atoms with E-state index in [0.29, 0.717) is 32.6 Å². The number of benzene rings is 4. The molecular weight excluding hydrogens is 556 g/mol. The van der Waals surface area contributed by atoms with Crippen LogP contribution in [0.25, 0.3) is 16.8 Å². The van der Waals surface area contributed by atoms with Crippen molar-refractivity contribution in [2.24, 2.45) is 0 Å². The second kappa shape index (κ2) is 10.7. The number of aryl methyl sites for hydroxylation is 1. The molecule has 6 heteroatoms. The van der Waals surface area contributed by atoms with E-state index < -0.39 is 5.91 Å². The minimum atomic E-state index is -0.467. The fraction of sp³-hybridized carbons (Fsp3) is 0.0714. The Morgan fingerprint density at radius 2 is 1.71 bits per heavy atom. The van der Waals surface area contributed by atoms with E-state index in [0.717, 1.165) is 16.3 Å². The van der Waals surface area contributed by atoms with Crippen LogP contribution in [0.2, 0.25) is 0 Å². The number of nitrogens with one attached hydrogen (secondary N) is 1. The van der Waals surface area contributed by atoms with Crippen molar-refractivity contribution in [2.45, 2.75) is 13.5 Å². The molecule has 0 aliphatic rings. The second-order valence-electron chi connectivity index (χ2n) is 7.74. The first-order chi connectivity index (χ1) is 16.4. The monoisotopic (exact) mass is 574 g/mol. The van der Waals surface area contributed by atoms with Crippen molar-refractivity contribution >= 4 is 60.3 Å². The third-order valence-corrected chi connectivity index (χ3v) is 6.38. The Kier molecular flexibility index (Phi) is 7.46. The SMILES string of the molecule is Cc1cccc(COc2c(Br)cc(/C=C(\C#N)C(=O)Nc3cccc4ccccc34)cc2Br)c1. The maximum atomic E-state index is 12.9. The molecule has 0 saturated heterocycles. The first-order valence-corrected chi connectivity index (χ1v) is 12.1. The number of carbonyl (C=O) groups excluding carboxylic acids is 1. The summed E-state index contributed by atoms with van der Waals surface area (Å²) in [6.45, 7) is 2.46. The highest BCUT2D eigenvalue weighted by atomic mass is 79.9. The van der Waals surface area contributed by atoms with Crippen molar-refractivity contribution < 1.29 is 9.53 Å². The Morgan fingerprint density at radius 3 is 2.44 bits per heavy atom. The van der Waals surface area contributed by atoms with E-state index in [1.807, 2.05) is 85.8 Å². The van der Waals surface area contributed by atoms with Crippen LogP contribution in [0.1, 0.15) is 16.7 Å². The Labute approximate surface area is 215 Å². The van der Waals surface area contributed by atoms with Crippen LogP contribution >= 0.6 is 31.9 Å². The van der Waals surface area contributed by atoms with Gasteiger partial charge in [-0.15, -0.1) is 0 Å². The van der Waals surface area contributed by atoms with Gasteiger partial charge in [-0.2, -0.15) is 5.26 Å². The number of fused-ring (bicyclic) bond motifs is 1. The van der Waals surface area contributed by atoms with Crippen LogP contribution < -0.4 is 10.1 Å². The van der Waals surface area contributed by atoms with E-state index >= 15 is 0 Å². The number of nitriles is 1. The van der Waals surface area contributed by atoms with Gasteiger partial charge in [-0.05, 0) is 79.6 Å². The summed E-state index contributed by atoms with van der Waals surface area (Å²) in [5, 5.41) is 14.4. The molecule has 0 aliphatic carbocycles. The summed E-state index contributed by atoms with van der Waals surface area (Å²) in [7, 11) is 0. The lowest BCUT2D eigenvalue weighted by molar-refractivity contribution is -0.112. The number of halogens is 2. The van der Waals surface area contributed by atoms with Crippen molar-refractivity contribution in [1.29, 1.82) is 5.26 Å². The molecule has 0 radical (unpaired) electrons. The molecule has 0 aromatic heterocycles. The van der Waals surface area contributed by atoms with Crippen molar-refractivity contribution in [3.8, 4) is 11.8 Å². The molecule has 0 atom stereocenters. The molecule has 4 rings (SSSR count). The normalized spacial score (nSPS) is 11.2. The zero-order valence-corrected chi connectivity index (χ0v) is 21.5. The van der Waals surface area contributed by atoms with Gasteiger partial charge in [-0.25, -0.2) is 0 Å². The van der Waals surface area contributed by atoms with Gasteiger partial charge < -0.3 is 10.1 Å². The molecule has 0 bridgehead atoms. The minimum absolute atomic E-state index is 0.000151. The van der Waals surface area contributed by atoms with E-state index in [1.165, 1.54) is 5.56 Å². The molecule has 0 saturated carbocycles. The molecule has 4 aromatic carbocycles. The van der Waals surface area contributed by atoms with Crippen LogP contribution in [-0.2, 0) is 11.4 Å². The lowest BCUT2D eigenvalue weighted by atomic mass is 10.1. The molecule has 4 aromatic rings. The number of ether oxygens (including phenoxy) is 1. The summed E-state index contributed by atoms with van der Waals surface area (Å²) in [4.78, 5) is 12.9.